The smallest absolute Gasteiger partial charge is 0.321 e. The number of hydrogen-bond acceptors (Lipinski definition) is 2. The maximum atomic E-state index is 11.8. The van der Waals surface area contributed by atoms with Crippen LogP contribution in [0.2, 0.25) is 0 Å². The number of anilines is 1. The lowest BCUT2D eigenvalue weighted by Gasteiger charge is -2.17. The summed E-state index contributed by atoms with van der Waals surface area (Å²) in [6.07, 6.45) is 3.80. The molecule has 0 fully saturated rings. The SMILES string of the molecule is C=Cc1ccc(NC(=O)N(C)CCSC)cc1. The molecule has 0 atom stereocenters. The van der Waals surface area contributed by atoms with Crippen molar-refractivity contribution in [3.63, 3.8) is 0 Å². The minimum Gasteiger partial charge on any atom is -0.327 e. The maximum absolute atomic E-state index is 11.8. The molecule has 0 saturated carbocycles. The summed E-state index contributed by atoms with van der Waals surface area (Å²) in [6.45, 7) is 4.43. The van der Waals surface area contributed by atoms with Gasteiger partial charge in [-0.2, -0.15) is 11.8 Å². The normalized spacial score (nSPS) is 9.76. The van der Waals surface area contributed by atoms with Crippen LogP contribution in [-0.2, 0) is 0 Å². The Balaban J connectivity index is 2.52. The second-order valence-electron chi connectivity index (χ2n) is 3.67. The number of amides is 2. The van der Waals surface area contributed by atoms with Crippen LogP contribution in [0.25, 0.3) is 6.08 Å². The number of carbonyl (C=O) groups excluding carboxylic acids is 1. The summed E-state index contributed by atoms with van der Waals surface area (Å²) in [4.78, 5) is 13.4. The third kappa shape index (κ3) is 4.53. The second-order valence-corrected chi connectivity index (χ2v) is 4.66. The van der Waals surface area contributed by atoms with Crippen molar-refractivity contribution in [2.75, 3.05) is 30.9 Å². The van der Waals surface area contributed by atoms with Crippen LogP contribution >= 0.6 is 11.8 Å². The maximum Gasteiger partial charge on any atom is 0.321 e. The van der Waals surface area contributed by atoms with E-state index in [2.05, 4.69) is 11.9 Å². The average Bonchev–Trinajstić information content (AvgIpc) is 2.36. The van der Waals surface area contributed by atoms with Gasteiger partial charge >= 0.3 is 6.03 Å². The van der Waals surface area contributed by atoms with Crippen molar-refractivity contribution < 1.29 is 4.79 Å². The Kier molecular flexibility index (Phi) is 5.63. The molecule has 4 heteroatoms. The molecular weight excluding hydrogens is 232 g/mol. The molecule has 2 amide bonds. The second kappa shape index (κ2) is 7.01. The van der Waals surface area contributed by atoms with Crippen LogP contribution < -0.4 is 5.32 Å². The van der Waals surface area contributed by atoms with Gasteiger partial charge in [0, 0.05) is 25.0 Å². The molecule has 1 rings (SSSR count). The highest BCUT2D eigenvalue weighted by Crippen LogP contribution is 2.10. The molecule has 1 aromatic carbocycles. The quantitative estimate of drug-likeness (QED) is 0.870. The zero-order valence-corrected chi connectivity index (χ0v) is 11.1. The van der Waals surface area contributed by atoms with Crippen LogP contribution in [-0.4, -0.2) is 36.5 Å². The highest BCUT2D eigenvalue weighted by Gasteiger charge is 2.07. The van der Waals surface area contributed by atoms with E-state index in [1.165, 1.54) is 0 Å². The van der Waals surface area contributed by atoms with Crippen molar-refractivity contribution in [1.82, 2.24) is 4.90 Å². The Morgan fingerprint density at radius 2 is 2.12 bits per heavy atom. The zero-order valence-electron chi connectivity index (χ0n) is 10.3. The lowest BCUT2D eigenvalue weighted by molar-refractivity contribution is 0.225. The van der Waals surface area contributed by atoms with E-state index in [-0.39, 0.29) is 6.03 Å². The molecule has 0 aliphatic carbocycles. The van der Waals surface area contributed by atoms with Gasteiger partial charge in [0.2, 0.25) is 0 Å². The van der Waals surface area contributed by atoms with Crippen LogP contribution in [0, 0.1) is 0 Å². The van der Waals surface area contributed by atoms with E-state index in [9.17, 15) is 4.79 Å². The van der Waals surface area contributed by atoms with Gasteiger partial charge in [-0.3, -0.25) is 0 Å². The van der Waals surface area contributed by atoms with Crippen molar-refractivity contribution >= 4 is 29.6 Å². The van der Waals surface area contributed by atoms with Gasteiger partial charge in [0.1, 0.15) is 0 Å². The highest BCUT2D eigenvalue weighted by atomic mass is 32.2. The average molecular weight is 250 g/mol. The molecule has 17 heavy (non-hydrogen) atoms. The predicted octanol–water partition coefficient (Wildman–Crippen LogP) is 3.16. The summed E-state index contributed by atoms with van der Waals surface area (Å²) in [5.74, 6) is 0.944. The molecule has 1 aromatic rings. The summed E-state index contributed by atoms with van der Waals surface area (Å²) >= 11 is 1.73. The first-order valence-electron chi connectivity index (χ1n) is 5.41. The first kappa shape index (κ1) is 13.6. The van der Waals surface area contributed by atoms with Gasteiger partial charge in [-0.25, -0.2) is 4.79 Å². The van der Waals surface area contributed by atoms with E-state index >= 15 is 0 Å². The number of benzene rings is 1. The van der Waals surface area contributed by atoms with Gasteiger partial charge in [0.05, 0.1) is 0 Å². The first-order chi connectivity index (χ1) is 8.17. The summed E-state index contributed by atoms with van der Waals surface area (Å²) < 4.78 is 0. The van der Waals surface area contributed by atoms with Gasteiger partial charge in [0.25, 0.3) is 0 Å². The number of nitrogens with zero attached hydrogens (tertiary/aromatic N) is 1. The van der Waals surface area contributed by atoms with E-state index in [0.717, 1.165) is 23.5 Å². The Labute approximate surface area is 107 Å². The minimum atomic E-state index is -0.0783. The van der Waals surface area contributed by atoms with E-state index in [1.807, 2.05) is 30.5 Å². The Morgan fingerprint density at radius 1 is 1.47 bits per heavy atom. The van der Waals surface area contributed by atoms with Gasteiger partial charge in [-0.15, -0.1) is 0 Å². The van der Waals surface area contributed by atoms with E-state index in [0.29, 0.717) is 0 Å². The molecule has 0 radical (unpaired) electrons. The summed E-state index contributed by atoms with van der Waals surface area (Å²) in [5, 5.41) is 2.85. The van der Waals surface area contributed by atoms with Gasteiger partial charge < -0.3 is 10.2 Å². The van der Waals surface area contributed by atoms with Gasteiger partial charge in [-0.05, 0) is 24.0 Å². The Hall–Kier alpha value is -1.42. The topological polar surface area (TPSA) is 32.3 Å². The number of urea groups is 1. The number of nitrogens with one attached hydrogen (secondary N) is 1. The van der Waals surface area contributed by atoms with E-state index in [4.69, 9.17) is 0 Å². The first-order valence-corrected chi connectivity index (χ1v) is 6.80. The number of rotatable bonds is 5. The van der Waals surface area contributed by atoms with Crippen LogP contribution in [0.3, 0.4) is 0 Å². The summed E-state index contributed by atoms with van der Waals surface area (Å²) in [6, 6.07) is 7.51. The predicted molar refractivity (Wildman–Crippen MR) is 76.6 cm³/mol. The van der Waals surface area contributed by atoms with Crippen LogP contribution in [0.1, 0.15) is 5.56 Å². The molecule has 0 heterocycles. The van der Waals surface area contributed by atoms with E-state index < -0.39 is 0 Å². The lowest BCUT2D eigenvalue weighted by Crippen LogP contribution is -2.33. The fourth-order valence-corrected chi connectivity index (χ4v) is 1.71. The summed E-state index contributed by atoms with van der Waals surface area (Å²) in [7, 11) is 1.80. The summed E-state index contributed by atoms with van der Waals surface area (Å²) in [5.41, 5.74) is 1.84. The van der Waals surface area contributed by atoms with Crippen LogP contribution in [0.4, 0.5) is 10.5 Å². The molecule has 92 valence electrons. The monoisotopic (exact) mass is 250 g/mol. The van der Waals surface area contributed by atoms with Gasteiger partial charge in [-0.1, -0.05) is 24.8 Å². The fourth-order valence-electron chi connectivity index (χ4n) is 1.25. The van der Waals surface area contributed by atoms with Crippen LogP contribution in [0.15, 0.2) is 30.8 Å². The number of carbonyl (C=O) groups is 1. The molecular formula is C13H18N2OS. The fraction of sp³-hybridized carbons (Fsp3) is 0.308. The molecule has 0 unspecified atom stereocenters. The standard InChI is InChI=1S/C13H18N2OS/c1-4-11-5-7-12(8-6-11)14-13(16)15(2)9-10-17-3/h4-8H,1,9-10H2,2-3H3,(H,14,16). The molecule has 0 spiro atoms. The Morgan fingerprint density at radius 3 is 2.65 bits per heavy atom. The largest absolute Gasteiger partial charge is 0.327 e. The molecule has 1 N–H and O–H groups in total. The Bertz CT molecular complexity index is 376. The van der Waals surface area contributed by atoms with Crippen molar-refractivity contribution in [1.29, 1.82) is 0 Å². The molecule has 0 bridgehead atoms. The molecule has 0 aliphatic rings. The van der Waals surface area contributed by atoms with Crippen molar-refractivity contribution in [3.05, 3.63) is 36.4 Å². The molecule has 0 saturated heterocycles. The third-order valence-electron chi connectivity index (χ3n) is 2.38. The van der Waals surface area contributed by atoms with Crippen molar-refractivity contribution in [3.8, 4) is 0 Å². The van der Waals surface area contributed by atoms with E-state index in [1.54, 1.807) is 29.8 Å². The molecule has 0 aromatic heterocycles. The van der Waals surface area contributed by atoms with Gasteiger partial charge in [0.15, 0.2) is 0 Å². The minimum absolute atomic E-state index is 0.0783. The number of hydrogen-bond donors (Lipinski definition) is 1. The highest BCUT2D eigenvalue weighted by molar-refractivity contribution is 7.98. The van der Waals surface area contributed by atoms with Crippen molar-refractivity contribution in [2.45, 2.75) is 0 Å². The lowest BCUT2D eigenvalue weighted by atomic mass is 10.2. The van der Waals surface area contributed by atoms with Crippen LogP contribution in [0.5, 0.6) is 0 Å². The molecule has 0 aliphatic heterocycles. The zero-order chi connectivity index (χ0) is 12.7. The number of thioether (sulfide) groups is 1. The molecule has 3 nitrogen and oxygen atoms in total. The third-order valence-corrected chi connectivity index (χ3v) is 2.97. The van der Waals surface area contributed by atoms with Crippen molar-refractivity contribution in [2.24, 2.45) is 0 Å².